The van der Waals surface area contributed by atoms with E-state index in [1.165, 1.54) is 22.3 Å². The normalized spacial score (nSPS) is 22.4. The molecule has 12 rings (SSSR count). The summed E-state index contributed by atoms with van der Waals surface area (Å²) in [6, 6.07) is 17.7. The molecule has 1 aliphatic carbocycles. The molecule has 7 aliphatic rings. The number of hydrogen-bond donors (Lipinski definition) is 4. The van der Waals surface area contributed by atoms with Crippen molar-refractivity contribution in [2.24, 2.45) is 5.92 Å². The molecule has 16 nitrogen and oxygen atoms in total. The number of anilines is 4. The molecule has 0 radical (unpaired) electrons. The van der Waals surface area contributed by atoms with Gasteiger partial charge in [-0.3, -0.25) is 34.6 Å². The van der Waals surface area contributed by atoms with Crippen molar-refractivity contribution >= 4 is 63.1 Å². The maximum atomic E-state index is 16.0. The van der Waals surface area contributed by atoms with Crippen molar-refractivity contribution in [2.45, 2.75) is 75.2 Å². The molecule has 4 saturated heterocycles. The fraction of sp³-hybridized carbons (Fsp3) is 0.396. The molecule has 1 atom stereocenters. The summed E-state index contributed by atoms with van der Waals surface area (Å²) in [5.41, 5.74) is 4.10. The van der Waals surface area contributed by atoms with Crippen LogP contribution in [-0.2, 0) is 38.7 Å². The highest BCUT2D eigenvalue weighted by Gasteiger charge is 2.57. The number of fused-ring (bicyclic) bond motifs is 4. The first-order valence-electron chi connectivity index (χ1n) is 22.6. The summed E-state index contributed by atoms with van der Waals surface area (Å²) in [4.78, 5) is 82.3. The van der Waals surface area contributed by atoms with E-state index in [4.69, 9.17) is 0 Å². The number of hydrogen-bond acceptors (Lipinski definition) is 12. The molecule has 2 bridgehead atoms. The number of carbonyl (C=O) groups is 5. The van der Waals surface area contributed by atoms with E-state index in [2.05, 4.69) is 35.7 Å². The number of halogens is 1. The molecule has 18 heteroatoms. The Morgan fingerprint density at radius 2 is 1.61 bits per heavy atom. The number of imidazole rings is 1. The van der Waals surface area contributed by atoms with E-state index in [1.807, 2.05) is 58.0 Å². The Bertz CT molecular complexity index is 2740. The number of rotatable bonds is 11. The lowest BCUT2D eigenvalue weighted by Gasteiger charge is -2.50. The van der Waals surface area contributed by atoms with Gasteiger partial charge in [-0.05, 0) is 98.2 Å². The first-order valence-corrected chi connectivity index (χ1v) is 23.5. The van der Waals surface area contributed by atoms with Gasteiger partial charge in [0.2, 0.25) is 11.8 Å². The van der Waals surface area contributed by atoms with Crippen molar-refractivity contribution in [3.63, 3.8) is 0 Å². The molecule has 66 heavy (non-hydrogen) atoms. The standard InChI is InChI=1S/C48H49FN10O6S/c49-37-23-30(22-35-36(37)27-59(44(35)63)41(43(62)53-46-50-13-21-66-46)40-38-2-1-14-58(38)28-51-40)29-3-7-33(8-4-29)56-17-19-57(20-18-56)39(60)26-47(65)11-15-55(16-12-47)34-9-5-32(6-10-34)54-48-24-31(25-48)42(61)52-45(48)64/h3-10,13,21-23,28,31,41,54,65H,1-2,11-12,14-20,24-27H2,(H,50,53,62)(H,52,61,64). The second-order valence-electron chi connectivity index (χ2n) is 18.5. The smallest absolute Gasteiger partial charge is 0.255 e. The zero-order valence-corrected chi connectivity index (χ0v) is 37.0. The van der Waals surface area contributed by atoms with Crippen molar-refractivity contribution in [2.75, 3.05) is 59.7 Å². The average molecular weight is 913 g/mol. The van der Waals surface area contributed by atoms with Crippen LogP contribution in [0, 0.1) is 11.7 Å². The van der Waals surface area contributed by atoms with Gasteiger partial charge < -0.3 is 34.6 Å². The molecule has 1 unspecified atom stereocenters. The highest BCUT2D eigenvalue weighted by atomic mass is 32.1. The van der Waals surface area contributed by atoms with E-state index in [9.17, 15) is 29.1 Å². The number of thiazole rings is 1. The third kappa shape index (κ3) is 7.54. The lowest BCUT2D eigenvalue weighted by molar-refractivity contribution is -0.149. The van der Waals surface area contributed by atoms with Crippen LogP contribution >= 0.6 is 11.3 Å². The highest BCUT2D eigenvalue weighted by Crippen LogP contribution is 2.44. The predicted octanol–water partition coefficient (Wildman–Crippen LogP) is 4.72. The average Bonchev–Trinajstić information content (AvgIpc) is 4.13. The monoisotopic (exact) mass is 912 g/mol. The van der Waals surface area contributed by atoms with Gasteiger partial charge in [0.05, 0.1) is 30.6 Å². The van der Waals surface area contributed by atoms with Gasteiger partial charge >= 0.3 is 0 Å². The summed E-state index contributed by atoms with van der Waals surface area (Å²) in [6.07, 6.45) is 6.94. The third-order valence-electron chi connectivity index (χ3n) is 14.5. The SMILES string of the molecule is O=C1NC(=O)C2(Nc3ccc(N4CCC(O)(CC(=O)N5CCN(c6ccc(-c7cc(F)c8c(c7)C(=O)N(C(C(=O)Nc7nccs7)c7ncn9c7CCC9)C8)cc6)CC5)CC4)cc3)CC1C2. The molecule has 3 aromatic carbocycles. The predicted molar refractivity (Wildman–Crippen MR) is 244 cm³/mol. The van der Waals surface area contributed by atoms with E-state index in [1.54, 1.807) is 24.0 Å². The number of carbonyl (C=O) groups excluding carboxylic acids is 5. The summed E-state index contributed by atoms with van der Waals surface area (Å²) >= 11 is 1.27. The molecule has 2 aromatic heterocycles. The topological polar surface area (TPSA) is 185 Å². The molecule has 8 heterocycles. The van der Waals surface area contributed by atoms with Crippen molar-refractivity contribution in [3.8, 4) is 11.1 Å². The Kier molecular flexibility index (Phi) is 10.4. The van der Waals surface area contributed by atoms with Crippen LogP contribution in [0.4, 0.5) is 26.6 Å². The number of aliphatic hydroxyl groups is 1. The Morgan fingerprint density at radius 1 is 0.894 bits per heavy atom. The Morgan fingerprint density at radius 3 is 2.30 bits per heavy atom. The van der Waals surface area contributed by atoms with E-state index in [0.29, 0.717) is 81.3 Å². The summed E-state index contributed by atoms with van der Waals surface area (Å²) in [6.45, 7) is 4.18. The van der Waals surface area contributed by atoms with Gasteiger partial charge in [0, 0.05) is 97.2 Å². The van der Waals surface area contributed by atoms with Gasteiger partial charge in [0.15, 0.2) is 11.2 Å². The number of nitrogens with zero attached hydrogens (tertiary/aromatic N) is 7. The van der Waals surface area contributed by atoms with Crippen molar-refractivity contribution in [1.82, 2.24) is 29.7 Å². The van der Waals surface area contributed by atoms with Crippen LogP contribution in [0.25, 0.3) is 11.1 Å². The summed E-state index contributed by atoms with van der Waals surface area (Å²) < 4.78 is 18.0. The Labute approximate surface area is 383 Å². The zero-order chi connectivity index (χ0) is 45.3. The van der Waals surface area contributed by atoms with Crippen molar-refractivity contribution in [3.05, 3.63) is 107 Å². The van der Waals surface area contributed by atoms with E-state index >= 15 is 4.39 Å². The molecular weight excluding hydrogens is 864 g/mol. The summed E-state index contributed by atoms with van der Waals surface area (Å²) in [7, 11) is 0. The molecule has 5 aromatic rings. The minimum atomic E-state index is -1.09. The van der Waals surface area contributed by atoms with E-state index in [0.717, 1.165) is 47.7 Å². The second kappa shape index (κ2) is 16.3. The van der Waals surface area contributed by atoms with Gasteiger partial charge in [-0.15, -0.1) is 11.3 Å². The Hall–Kier alpha value is -6.66. The molecule has 6 aliphatic heterocycles. The molecule has 5 fully saturated rings. The highest BCUT2D eigenvalue weighted by molar-refractivity contribution is 7.13. The third-order valence-corrected chi connectivity index (χ3v) is 15.2. The lowest BCUT2D eigenvalue weighted by atomic mass is 9.64. The van der Waals surface area contributed by atoms with Crippen molar-refractivity contribution < 1.29 is 33.5 Å². The van der Waals surface area contributed by atoms with Gasteiger partial charge in [-0.2, -0.15) is 0 Å². The van der Waals surface area contributed by atoms with Crippen LogP contribution in [0.15, 0.2) is 78.6 Å². The molecule has 5 amide bonds. The number of nitrogens with one attached hydrogen (secondary N) is 3. The van der Waals surface area contributed by atoms with E-state index < -0.39 is 34.8 Å². The summed E-state index contributed by atoms with van der Waals surface area (Å²) in [5.74, 6) is -2.03. The number of imide groups is 1. The summed E-state index contributed by atoms with van der Waals surface area (Å²) in [5, 5.41) is 22.3. The zero-order valence-electron chi connectivity index (χ0n) is 36.2. The molecule has 340 valence electrons. The van der Waals surface area contributed by atoms with Gasteiger partial charge in [0.25, 0.3) is 17.7 Å². The molecule has 0 spiro atoms. The van der Waals surface area contributed by atoms with Gasteiger partial charge in [-0.1, -0.05) is 12.1 Å². The van der Waals surface area contributed by atoms with Crippen LogP contribution in [0.3, 0.4) is 0 Å². The minimum Gasteiger partial charge on any atom is -0.389 e. The molecular formula is C48H49FN10O6S. The van der Waals surface area contributed by atoms with Crippen LogP contribution in [0.1, 0.15) is 71.9 Å². The van der Waals surface area contributed by atoms with Gasteiger partial charge in [-0.25, -0.2) is 14.4 Å². The van der Waals surface area contributed by atoms with E-state index in [-0.39, 0.29) is 47.7 Å². The number of aromatic nitrogens is 3. The van der Waals surface area contributed by atoms with Crippen LogP contribution < -0.4 is 25.8 Å². The van der Waals surface area contributed by atoms with Crippen LogP contribution in [-0.4, -0.2) is 109 Å². The maximum absolute atomic E-state index is 16.0. The number of piperazine rings is 1. The number of amides is 5. The maximum Gasteiger partial charge on any atom is 0.255 e. The minimum absolute atomic E-state index is 0.0607. The number of aryl methyl sites for hydroxylation is 1. The van der Waals surface area contributed by atoms with Gasteiger partial charge in [0.1, 0.15) is 11.4 Å². The lowest BCUT2D eigenvalue weighted by Crippen LogP contribution is -2.69. The number of benzene rings is 3. The van der Waals surface area contributed by atoms with Crippen LogP contribution in [0.5, 0.6) is 0 Å². The molecule has 4 N–H and O–H groups in total. The second-order valence-corrected chi connectivity index (χ2v) is 19.4. The van der Waals surface area contributed by atoms with Crippen LogP contribution in [0.2, 0.25) is 0 Å². The fourth-order valence-corrected chi connectivity index (χ4v) is 11.2. The first-order chi connectivity index (χ1) is 31.9. The quantitative estimate of drug-likeness (QED) is 0.135. The van der Waals surface area contributed by atoms with Crippen molar-refractivity contribution in [1.29, 1.82) is 0 Å². The number of piperidine rings is 3. The Balaban J connectivity index is 0.685. The fourth-order valence-electron chi connectivity index (χ4n) is 10.7. The first kappa shape index (κ1) is 42.0. The molecule has 1 saturated carbocycles. The largest absolute Gasteiger partial charge is 0.389 e.